The van der Waals surface area contributed by atoms with E-state index in [0.29, 0.717) is 12.2 Å². The second-order valence-electron chi connectivity index (χ2n) is 2.76. The van der Waals surface area contributed by atoms with Crippen molar-refractivity contribution < 1.29 is 8.76 Å². The molecule has 1 N–H and O–H groups in total. The first-order chi connectivity index (χ1) is 5.68. The van der Waals surface area contributed by atoms with Crippen LogP contribution in [0.1, 0.15) is 11.1 Å². The second-order valence-corrected chi connectivity index (χ2v) is 3.81. The third-order valence-corrected chi connectivity index (χ3v) is 2.24. The van der Waals surface area contributed by atoms with Crippen LogP contribution in [0.15, 0.2) is 24.3 Å². The molecular formula is C9H12O2S. The molecule has 0 aliphatic rings. The molecule has 0 bridgehead atoms. The van der Waals surface area contributed by atoms with Gasteiger partial charge in [-0.2, -0.15) is 0 Å². The van der Waals surface area contributed by atoms with Gasteiger partial charge in [0.2, 0.25) is 0 Å². The molecule has 0 saturated carbocycles. The van der Waals surface area contributed by atoms with E-state index in [1.54, 1.807) is 0 Å². The summed E-state index contributed by atoms with van der Waals surface area (Å²) in [5.74, 6) is 0.322. The van der Waals surface area contributed by atoms with Crippen LogP contribution in [0, 0.1) is 6.92 Å². The van der Waals surface area contributed by atoms with Crippen LogP contribution in [-0.4, -0.2) is 14.5 Å². The fourth-order valence-corrected chi connectivity index (χ4v) is 1.37. The zero-order valence-corrected chi connectivity index (χ0v) is 7.80. The van der Waals surface area contributed by atoms with Crippen molar-refractivity contribution in [2.24, 2.45) is 0 Å². The van der Waals surface area contributed by atoms with E-state index in [1.165, 1.54) is 5.56 Å². The van der Waals surface area contributed by atoms with Gasteiger partial charge in [0.1, 0.15) is 0 Å². The van der Waals surface area contributed by atoms with Crippen molar-refractivity contribution in [3.8, 4) is 0 Å². The van der Waals surface area contributed by atoms with E-state index in [4.69, 9.17) is 4.55 Å². The Morgan fingerprint density at radius 3 is 2.42 bits per heavy atom. The minimum Gasteiger partial charge on any atom is -0.306 e. The monoisotopic (exact) mass is 184 g/mol. The Kier molecular flexibility index (Phi) is 3.44. The van der Waals surface area contributed by atoms with Gasteiger partial charge in [0.15, 0.2) is 11.1 Å². The van der Waals surface area contributed by atoms with Crippen molar-refractivity contribution >= 4 is 11.1 Å². The van der Waals surface area contributed by atoms with E-state index in [9.17, 15) is 4.21 Å². The molecule has 2 nitrogen and oxygen atoms in total. The Labute approximate surface area is 74.9 Å². The van der Waals surface area contributed by atoms with Gasteiger partial charge in [-0.15, -0.1) is 0 Å². The SMILES string of the molecule is Cc1ccc(CCS(=O)O)cc1. The van der Waals surface area contributed by atoms with E-state index in [0.717, 1.165) is 5.56 Å². The third kappa shape index (κ3) is 3.15. The lowest BCUT2D eigenvalue weighted by molar-refractivity contribution is 0.563. The average molecular weight is 184 g/mol. The van der Waals surface area contributed by atoms with Crippen LogP contribution in [0.4, 0.5) is 0 Å². The van der Waals surface area contributed by atoms with Gasteiger partial charge in [0.25, 0.3) is 0 Å². The second kappa shape index (κ2) is 4.38. The maximum Gasteiger partial charge on any atom is 0.153 e. The standard InChI is InChI=1S/C9H12O2S/c1-8-2-4-9(5-3-8)6-7-12(10)11/h2-5H,6-7H2,1H3,(H,10,11). The highest BCUT2D eigenvalue weighted by molar-refractivity contribution is 7.79. The predicted octanol–water partition coefficient (Wildman–Crippen LogP) is 1.76. The maximum absolute atomic E-state index is 10.4. The van der Waals surface area contributed by atoms with Crippen molar-refractivity contribution in [2.45, 2.75) is 13.3 Å². The zero-order valence-electron chi connectivity index (χ0n) is 6.99. The molecule has 1 atom stereocenters. The fourth-order valence-electron chi connectivity index (χ4n) is 0.960. The van der Waals surface area contributed by atoms with Crippen molar-refractivity contribution in [2.75, 3.05) is 5.75 Å². The minimum absolute atomic E-state index is 0.322. The molecule has 0 aliphatic heterocycles. The Hall–Kier alpha value is -0.670. The van der Waals surface area contributed by atoms with E-state index < -0.39 is 11.1 Å². The van der Waals surface area contributed by atoms with Crippen molar-refractivity contribution in [3.05, 3.63) is 35.4 Å². The Morgan fingerprint density at radius 2 is 1.92 bits per heavy atom. The first-order valence-corrected chi connectivity index (χ1v) is 5.09. The Morgan fingerprint density at radius 1 is 1.33 bits per heavy atom. The van der Waals surface area contributed by atoms with Crippen LogP contribution in [0.3, 0.4) is 0 Å². The van der Waals surface area contributed by atoms with Crippen LogP contribution >= 0.6 is 0 Å². The summed E-state index contributed by atoms with van der Waals surface area (Å²) in [5.41, 5.74) is 2.33. The molecule has 1 unspecified atom stereocenters. The molecule has 1 rings (SSSR count). The topological polar surface area (TPSA) is 37.3 Å². The number of benzene rings is 1. The Balaban J connectivity index is 2.53. The lowest BCUT2D eigenvalue weighted by Gasteiger charge is -1.98. The molecule has 0 spiro atoms. The highest BCUT2D eigenvalue weighted by Crippen LogP contribution is 2.03. The van der Waals surface area contributed by atoms with Crippen LogP contribution < -0.4 is 0 Å². The van der Waals surface area contributed by atoms with E-state index in [2.05, 4.69) is 0 Å². The van der Waals surface area contributed by atoms with Gasteiger partial charge in [-0.25, -0.2) is 4.21 Å². The van der Waals surface area contributed by atoms with Crippen LogP contribution in [-0.2, 0) is 17.5 Å². The highest BCUT2D eigenvalue weighted by atomic mass is 32.2. The summed E-state index contributed by atoms with van der Waals surface area (Å²) in [4.78, 5) is 0. The molecule has 0 amide bonds. The zero-order chi connectivity index (χ0) is 8.97. The van der Waals surface area contributed by atoms with E-state index >= 15 is 0 Å². The number of hydrogen-bond acceptors (Lipinski definition) is 1. The summed E-state index contributed by atoms with van der Waals surface area (Å²) >= 11 is -1.67. The minimum atomic E-state index is -1.67. The number of hydrogen-bond donors (Lipinski definition) is 1. The molecule has 0 aliphatic carbocycles. The smallest absolute Gasteiger partial charge is 0.153 e. The van der Waals surface area contributed by atoms with Gasteiger partial charge >= 0.3 is 0 Å². The molecule has 1 aromatic rings. The van der Waals surface area contributed by atoms with Crippen molar-refractivity contribution in [3.63, 3.8) is 0 Å². The van der Waals surface area contributed by atoms with E-state index in [1.807, 2.05) is 31.2 Å². The third-order valence-electron chi connectivity index (χ3n) is 1.69. The molecule has 0 aromatic heterocycles. The summed E-state index contributed by atoms with van der Waals surface area (Å²) in [6.07, 6.45) is 0.670. The molecule has 0 saturated heterocycles. The van der Waals surface area contributed by atoms with Crippen LogP contribution in [0.2, 0.25) is 0 Å². The van der Waals surface area contributed by atoms with Crippen molar-refractivity contribution in [1.29, 1.82) is 0 Å². The Bertz CT molecular complexity index is 266. The molecular weight excluding hydrogens is 172 g/mol. The summed E-state index contributed by atoms with van der Waals surface area (Å²) in [7, 11) is 0. The van der Waals surface area contributed by atoms with Crippen LogP contribution in [0.25, 0.3) is 0 Å². The van der Waals surface area contributed by atoms with Crippen LogP contribution in [0.5, 0.6) is 0 Å². The summed E-state index contributed by atoms with van der Waals surface area (Å²) in [6, 6.07) is 8.00. The number of aryl methyl sites for hydroxylation is 2. The molecule has 66 valence electrons. The van der Waals surface area contributed by atoms with Crippen molar-refractivity contribution in [1.82, 2.24) is 0 Å². The lowest BCUT2D eigenvalue weighted by Crippen LogP contribution is -1.98. The summed E-state index contributed by atoms with van der Waals surface area (Å²) < 4.78 is 18.9. The highest BCUT2D eigenvalue weighted by Gasteiger charge is 1.95. The van der Waals surface area contributed by atoms with Gasteiger partial charge < -0.3 is 4.55 Å². The quantitative estimate of drug-likeness (QED) is 0.727. The summed E-state index contributed by atoms with van der Waals surface area (Å²) in [5, 5.41) is 0. The van der Waals surface area contributed by atoms with Gasteiger partial charge in [-0.05, 0) is 18.9 Å². The maximum atomic E-state index is 10.4. The molecule has 3 heteroatoms. The normalized spacial score (nSPS) is 12.8. The molecule has 0 radical (unpaired) electrons. The van der Waals surface area contributed by atoms with Gasteiger partial charge in [0.05, 0.1) is 5.75 Å². The average Bonchev–Trinajstić information content (AvgIpc) is 2.03. The number of rotatable bonds is 3. The first kappa shape index (κ1) is 9.42. The van der Waals surface area contributed by atoms with Gasteiger partial charge in [0, 0.05) is 0 Å². The molecule has 12 heavy (non-hydrogen) atoms. The fraction of sp³-hybridized carbons (Fsp3) is 0.333. The predicted molar refractivity (Wildman–Crippen MR) is 50.5 cm³/mol. The molecule has 1 aromatic carbocycles. The molecule has 0 fully saturated rings. The first-order valence-electron chi connectivity index (χ1n) is 3.81. The largest absolute Gasteiger partial charge is 0.306 e. The molecule has 0 heterocycles. The van der Waals surface area contributed by atoms with E-state index in [-0.39, 0.29) is 0 Å². The van der Waals surface area contributed by atoms with Gasteiger partial charge in [-0.1, -0.05) is 29.8 Å². The summed E-state index contributed by atoms with van der Waals surface area (Å²) in [6.45, 7) is 2.02. The lowest BCUT2D eigenvalue weighted by atomic mass is 10.1. The van der Waals surface area contributed by atoms with Gasteiger partial charge in [-0.3, -0.25) is 0 Å².